The molecule has 3 rings (SSSR count). The Kier molecular flexibility index (Phi) is 5.76. The van der Waals surface area contributed by atoms with E-state index in [9.17, 15) is 4.79 Å². The molecule has 2 aliphatic heterocycles. The van der Waals surface area contributed by atoms with Crippen molar-refractivity contribution in [3.63, 3.8) is 0 Å². The second-order valence-corrected chi connectivity index (χ2v) is 8.76. The normalized spacial score (nSPS) is 19.2. The maximum Gasteiger partial charge on any atom is 0.315 e. The molecule has 0 saturated carbocycles. The molecule has 5 heteroatoms. The first-order chi connectivity index (χ1) is 12.3. The molecule has 1 aromatic rings. The van der Waals surface area contributed by atoms with Crippen LogP contribution in [0.5, 0.6) is 0 Å². The van der Waals surface area contributed by atoms with Gasteiger partial charge in [-0.3, -0.25) is 4.90 Å². The average molecular weight is 359 g/mol. The number of amides is 2. The lowest BCUT2D eigenvalue weighted by molar-refractivity contribution is 0.215. The highest BCUT2D eigenvalue weighted by atomic mass is 16.2. The Balaban J connectivity index is 1.75. The van der Waals surface area contributed by atoms with E-state index in [4.69, 9.17) is 0 Å². The van der Waals surface area contributed by atoms with Gasteiger partial charge in [0.05, 0.1) is 6.04 Å². The fourth-order valence-corrected chi connectivity index (χ4v) is 4.10. The van der Waals surface area contributed by atoms with E-state index in [1.807, 2.05) is 20.8 Å². The fourth-order valence-electron chi connectivity index (χ4n) is 4.10. The van der Waals surface area contributed by atoms with Crippen LogP contribution in [0, 0.1) is 0 Å². The molecule has 0 radical (unpaired) electrons. The van der Waals surface area contributed by atoms with Crippen molar-refractivity contribution < 1.29 is 4.79 Å². The first-order valence-electron chi connectivity index (χ1n) is 9.97. The highest BCUT2D eigenvalue weighted by Gasteiger charge is 2.26. The number of nitrogens with one attached hydrogen (secondary N) is 2. The Bertz CT molecular complexity index is 631. The zero-order valence-electron chi connectivity index (χ0n) is 16.8. The van der Waals surface area contributed by atoms with Crippen molar-refractivity contribution in [1.82, 2.24) is 15.5 Å². The summed E-state index contributed by atoms with van der Waals surface area (Å²) >= 11 is 0. The number of urea groups is 1. The van der Waals surface area contributed by atoms with Gasteiger partial charge < -0.3 is 15.5 Å². The number of rotatable bonds is 4. The van der Waals surface area contributed by atoms with Crippen molar-refractivity contribution in [2.24, 2.45) is 0 Å². The van der Waals surface area contributed by atoms with Gasteiger partial charge in [-0.2, -0.15) is 0 Å². The second-order valence-electron chi connectivity index (χ2n) is 8.76. The first-order valence-corrected chi connectivity index (χ1v) is 9.97. The number of benzene rings is 1. The highest BCUT2D eigenvalue weighted by molar-refractivity contribution is 5.74. The smallest absolute Gasteiger partial charge is 0.315 e. The molecule has 2 heterocycles. The summed E-state index contributed by atoms with van der Waals surface area (Å²) in [5.74, 6) is 0. The average Bonchev–Trinajstić information content (AvgIpc) is 3.08. The lowest BCUT2D eigenvalue weighted by Gasteiger charge is -2.32. The Morgan fingerprint density at radius 2 is 1.88 bits per heavy atom. The molecule has 2 N–H and O–H groups in total. The van der Waals surface area contributed by atoms with Crippen LogP contribution in [0.4, 0.5) is 10.5 Å². The van der Waals surface area contributed by atoms with Crippen LogP contribution >= 0.6 is 0 Å². The Labute approximate surface area is 158 Å². The minimum atomic E-state index is -0.219. The van der Waals surface area contributed by atoms with E-state index in [1.165, 1.54) is 36.1 Å². The summed E-state index contributed by atoms with van der Waals surface area (Å²) in [5, 5.41) is 6.10. The predicted molar refractivity (Wildman–Crippen MR) is 108 cm³/mol. The zero-order chi connectivity index (χ0) is 18.7. The van der Waals surface area contributed by atoms with Gasteiger partial charge in [0.25, 0.3) is 0 Å². The third kappa shape index (κ3) is 4.70. The number of carbonyl (C=O) groups is 1. The summed E-state index contributed by atoms with van der Waals surface area (Å²) in [4.78, 5) is 17.1. The number of aryl methyl sites for hydroxylation is 1. The molecule has 5 nitrogen and oxygen atoms in total. The molecule has 144 valence electrons. The van der Waals surface area contributed by atoms with Gasteiger partial charge in [-0.05, 0) is 76.7 Å². The molecule has 0 bridgehead atoms. The van der Waals surface area contributed by atoms with Gasteiger partial charge in [-0.25, -0.2) is 4.79 Å². The van der Waals surface area contributed by atoms with Gasteiger partial charge in [-0.1, -0.05) is 12.1 Å². The highest BCUT2D eigenvalue weighted by Crippen LogP contribution is 2.31. The predicted octanol–water partition coefficient (Wildman–Crippen LogP) is 3.30. The summed E-state index contributed by atoms with van der Waals surface area (Å²) < 4.78 is 0. The largest absolute Gasteiger partial charge is 0.374 e. The lowest BCUT2D eigenvalue weighted by atomic mass is 9.96. The molecule has 2 aliphatic rings. The monoisotopic (exact) mass is 358 g/mol. The molecule has 0 spiro atoms. The number of hydrogen-bond donors (Lipinski definition) is 2. The molecule has 1 atom stereocenters. The summed E-state index contributed by atoms with van der Waals surface area (Å²) in [6.07, 6.45) is 4.86. The van der Waals surface area contributed by atoms with Crippen molar-refractivity contribution in [1.29, 1.82) is 0 Å². The summed E-state index contributed by atoms with van der Waals surface area (Å²) in [5.41, 5.74) is 3.92. The van der Waals surface area contributed by atoms with Crippen molar-refractivity contribution in [2.75, 3.05) is 38.1 Å². The Morgan fingerprint density at radius 3 is 2.58 bits per heavy atom. The number of hydrogen-bond acceptors (Lipinski definition) is 3. The van der Waals surface area contributed by atoms with Gasteiger partial charge in [0.15, 0.2) is 0 Å². The topological polar surface area (TPSA) is 47.6 Å². The summed E-state index contributed by atoms with van der Waals surface area (Å²) in [6, 6.07) is 7.06. The number of fused-ring (bicyclic) bond motifs is 1. The minimum absolute atomic E-state index is 0.0839. The second kappa shape index (κ2) is 7.87. The Hall–Kier alpha value is -1.75. The SMILES string of the molecule is CN1CCCc2cc(C(CNC(=O)NC(C)(C)C)N3CCCC3)ccc21. The number of anilines is 1. The lowest BCUT2D eigenvalue weighted by Crippen LogP contribution is -2.48. The van der Waals surface area contributed by atoms with Crippen LogP contribution in [-0.4, -0.2) is 49.7 Å². The van der Waals surface area contributed by atoms with E-state index in [0.717, 1.165) is 26.1 Å². The van der Waals surface area contributed by atoms with Crippen LogP contribution in [0.1, 0.15) is 57.2 Å². The van der Waals surface area contributed by atoms with E-state index < -0.39 is 0 Å². The van der Waals surface area contributed by atoms with E-state index in [0.29, 0.717) is 6.54 Å². The van der Waals surface area contributed by atoms with Crippen LogP contribution in [0.15, 0.2) is 18.2 Å². The summed E-state index contributed by atoms with van der Waals surface area (Å²) in [6.45, 7) is 10.0. The molecule has 1 aromatic carbocycles. The molecule has 26 heavy (non-hydrogen) atoms. The van der Waals surface area contributed by atoms with Gasteiger partial charge in [-0.15, -0.1) is 0 Å². The van der Waals surface area contributed by atoms with Gasteiger partial charge >= 0.3 is 6.03 Å². The van der Waals surface area contributed by atoms with Gasteiger partial charge in [0, 0.05) is 31.4 Å². The van der Waals surface area contributed by atoms with E-state index >= 15 is 0 Å². The van der Waals surface area contributed by atoms with Crippen molar-refractivity contribution >= 4 is 11.7 Å². The molecule has 1 unspecified atom stereocenters. The van der Waals surface area contributed by atoms with Crippen LogP contribution in [-0.2, 0) is 6.42 Å². The minimum Gasteiger partial charge on any atom is -0.374 e. The van der Waals surface area contributed by atoms with E-state index in [2.05, 4.69) is 45.7 Å². The molecule has 2 amide bonds. The maximum atomic E-state index is 12.2. The molecular formula is C21H34N4O. The number of likely N-dealkylation sites (tertiary alicyclic amines) is 1. The quantitative estimate of drug-likeness (QED) is 0.868. The van der Waals surface area contributed by atoms with Crippen LogP contribution in [0.3, 0.4) is 0 Å². The molecule has 0 aromatic heterocycles. The Morgan fingerprint density at radius 1 is 1.15 bits per heavy atom. The zero-order valence-corrected chi connectivity index (χ0v) is 16.8. The first kappa shape index (κ1) is 19.0. The van der Waals surface area contributed by atoms with Crippen molar-refractivity contribution in [3.8, 4) is 0 Å². The fraction of sp³-hybridized carbons (Fsp3) is 0.667. The van der Waals surface area contributed by atoms with Gasteiger partial charge in [0.2, 0.25) is 0 Å². The number of nitrogens with zero attached hydrogens (tertiary/aromatic N) is 2. The van der Waals surface area contributed by atoms with Gasteiger partial charge in [0.1, 0.15) is 0 Å². The molecular weight excluding hydrogens is 324 g/mol. The van der Waals surface area contributed by atoms with E-state index in [-0.39, 0.29) is 17.6 Å². The van der Waals surface area contributed by atoms with E-state index in [1.54, 1.807) is 0 Å². The van der Waals surface area contributed by atoms with Crippen LogP contribution in [0.2, 0.25) is 0 Å². The maximum absolute atomic E-state index is 12.2. The van der Waals surface area contributed by atoms with Crippen LogP contribution < -0.4 is 15.5 Å². The van der Waals surface area contributed by atoms with Crippen molar-refractivity contribution in [3.05, 3.63) is 29.3 Å². The number of carbonyl (C=O) groups excluding carboxylic acids is 1. The molecule has 1 saturated heterocycles. The molecule has 1 fully saturated rings. The van der Waals surface area contributed by atoms with Crippen LogP contribution in [0.25, 0.3) is 0 Å². The third-order valence-corrected chi connectivity index (χ3v) is 5.37. The standard InChI is InChI=1S/C21H34N4O/c1-21(2,3)23-20(26)22-15-19(25-12-5-6-13-25)17-9-10-18-16(14-17)8-7-11-24(18)4/h9-10,14,19H,5-8,11-13,15H2,1-4H3,(H2,22,23,26). The molecule has 0 aliphatic carbocycles. The third-order valence-electron chi connectivity index (χ3n) is 5.37. The summed E-state index contributed by atoms with van der Waals surface area (Å²) in [7, 11) is 2.17. The van der Waals surface area contributed by atoms with Crippen molar-refractivity contribution in [2.45, 2.75) is 58.0 Å².